The lowest BCUT2D eigenvalue weighted by Crippen LogP contribution is -2.40. The Balaban J connectivity index is 1.71. The van der Waals surface area contributed by atoms with Gasteiger partial charge >= 0.3 is 0 Å². The number of nitrogens with zero attached hydrogens (tertiary/aromatic N) is 1. The molecule has 25 heavy (non-hydrogen) atoms. The van der Waals surface area contributed by atoms with Gasteiger partial charge in [-0.15, -0.1) is 0 Å². The lowest BCUT2D eigenvalue weighted by Gasteiger charge is -2.22. The molecule has 0 aliphatic carbocycles. The molecule has 134 valence electrons. The van der Waals surface area contributed by atoms with E-state index in [0.29, 0.717) is 0 Å². The van der Waals surface area contributed by atoms with Crippen LogP contribution in [0.5, 0.6) is 0 Å². The fourth-order valence-electron chi connectivity index (χ4n) is 3.13. The Bertz CT molecular complexity index is 806. The topological polar surface area (TPSA) is 69.6 Å². The molecule has 2 aromatic rings. The number of β-amino-alcohol motifs (C(OH)–C–C–N with tert-alkyl or cyclic N) is 1. The summed E-state index contributed by atoms with van der Waals surface area (Å²) in [5.74, 6) is 0. The molecule has 0 radical (unpaired) electrons. The maximum Gasteiger partial charge on any atom is 0.243 e. The number of rotatable bonds is 5. The van der Waals surface area contributed by atoms with Crippen LogP contribution >= 0.6 is 0 Å². The van der Waals surface area contributed by atoms with Gasteiger partial charge in [-0.3, -0.25) is 0 Å². The Morgan fingerprint density at radius 2 is 1.72 bits per heavy atom. The number of hydrogen-bond donors (Lipinski definition) is 2. The monoisotopic (exact) mass is 360 g/mol. The Hall–Kier alpha value is -1.73. The Kier molecular flexibility index (Phi) is 5.24. The van der Waals surface area contributed by atoms with Gasteiger partial charge < -0.3 is 10.4 Å². The summed E-state index contributed by atoms with van der Waals surface area (Å²) in [7, 11) is -3.59. The number of benzene rings is 2. The van der Waals surface area contributed by atoms with Crippen molar-refractivity contribution in [3.63, 3.8) is 0 Å². The minimum absolute atomic E-state index is 0.0304. The normalized spacial score (nSPS) is 22.8. The first-order valence-electron chi connectivity index (χ1n) is 8.44. The molecule has 1 fully saturated rings. The van der Waals surface area contributed by atoms with Gasteiger partial charge in [0.05, 0.1) is 11.0 Å². The number of aryl methyl sites for hydroxylation is 1. The minimum atomic E-state index is -3.59. The van der Waals surface area contributed by atoms with Gasteiger partial charge in [-0.05, 0) is 31.5 Å². The molecule has 0 aromatic heterocycles. The summed E-state index contributed by atoms with van der Waals surface area (Å²) < 4.78 is 26.9. The van der Waals surface area contributed by atoms with E-state index in [1.54, 1.807) is 24.3 Å². The highest BCUT2D eigenvalue weighted by molar-refractivity contribution is 7.89. The van der Waals surface area contributed by atoms with Crippen LogP contribution in [0, 0.1) is 6.92 Å². The molecular formula is C19H24N2O3S. The summed E-state index contributed by atoms with van der Waals surface area (Å²) in [4.78, 5) is 0.266. The average Bonchev–Trinajstić information content (AvgIpc) is 2.97. The van der Waals surface area contributed by atoms with Crippen LogP contribution in [0.25, 0.3) is 0 Å². The van der Waals surface area contributed by atoms with Crippen molar-refractivity contribution in [3.05, 3.63) is 65.7 Å². The SMILES string of the molecule is Cc1ccc(S(=O)(=O)N2CC(O)C(NC(C)c3ccccc3)C2)cc1. The van der Waals surface area contributed by atoms with Crippen molar-refractivity contribution in [3.8, 4) is 0 Å². The van der Waals surface area contributed by atoms with E-state index >= 15 is 0 Å². The smallest absolute Gasteiger partial charge is 0.243 e. The molecule has 2 N–H and O–H groups in total. The fourth-order valence-corrected chi connectivity index (χ4v) is 4.61. The maximum absolute atomic E-state index is 12.8. The fraction of sp³-hybridized carbons (Fsp3) is 0.368. The van der Waals surface area contributed by atoms with Crippen LogP contribution in [0.15, 0.2) is 59.5 Å². The second-order valence-corrected chi connectivity index (χ2v) is 8.55. The summed E-state index contributed by atoms with van der Waals surface area (Å²) in [5, 5.41) is 13.7. The van der Waals surface area contributed by atoms with Crippen molar-refractivity contribution >= 4 is 10.0 Å². The summed E-state index contributed by atoms with van der Waals surface area (Å²) in [6.45, 7) is 4.30. The van der Waals surface area contributed by atoms with Gasteiger partial charge in [-0.25, -0.2) is 8.42 Å². The molecule has 2 aromatic carbocycles. The lowest BCUT2D eigenvalue weighted by molar-refractivity contribution is 0.155. The number of nitrogens with one attached hydrogen (secondary N) is 1. The van der Waals surface area contributed by atoms with E-state index in [0.717, 1.165) is 11.1 Å². The molecule has 1 heterocycles. The van der Waals surface area contributed by atoms with E-state index in [1.165, 1.54) is 4.31 Å². The molecule has 5 nitrogen and oxygen atoms in total. The van der Waals surface area contributed by atoms with Gasteiger partial charge in [0.25, 0.3) is 0 Å². The Labute approximate surface area is 149 Å². The second-order valence-electron chi connectivity index (χ2n) is 6.61. The van der Waals surface area contributed by atoms with Crippen LogP contribution in [0.2, 0.25) is 0 Å². The molecule has 0 bridgehead atoms. The minimum Gasteiger partial charge on any atom is -0.390 e. The van der Waals surface area contributed by atoms with Gasteiger partial charge in [-0.1, -0.05) is 48.0 Å². The number of aliphatic hydroxyl groups is 1. The molecular weight excluding hydrogens is 336 g/mol. The quantitative estimate of drug-likeness (QED) is 0.857. The van der Waals surface area contributed by atoms with Crippen molar-refractivity contribution in [1.29, 1.82) is 0 Å². The summed E-state index contributed by atoms with van der Waals surface area (Å²) in [6.07, 6.45) is -0.730. The molecule has 0 spiro atoms. The summed E-state index contributed by atoms with van der Waals surface area (Å²) >= 11 is 0. The molecule has 3 atom stereocenters. The third kappa shape index (κ3) is 3.93. The van der Waals surface area contributed by atoms with Gasteiger partial charge in [0.15, 0.2) is 0 Å². The predicted molar refractivity (Wildman–Crippen MR) is 97.7 cm³/mol. The van der Waals surface area contributed by atoms with Crippen molar-refractivity contribution in [1.82, 2.24) is 9.62 Å². The highest BCUT2D eigenvalue weighted by atomic mass is 32.2. The zero-order valence-electron chi connectivity index (χ0n) is 14.5. The van der Waals surface area contributed by atoms with Crippen molar-refractivity contribution in [2.45, 2.75) is 36.9 Å². The van der Waals surface area contributed by atoms with Gasteiger partial charge in [-0.2, -0.15) is 4.31 Å². The number of sulfonamides is 1. The van der Waals surface area contributed by atoms with Gasteiger partial charge in [0.2, 0.25) is 10.0 Å². The average molecular weight is 360 g/mol. The largest absolute Gasteiger partial charge is 0.390 e. The second kappa shape index (κ2) is 7.25. The van der Waals surface area contributed by atoms with E-state index in [4.69, 9.17) is 0 Å². The molecule has 3 unspecified atom stereocenters. The zero-order chi connectivity index (χ0) is 18.0. The van der Waals surface area contributed by atoms with E-state index < -0.39 is 16.1 Å². The van der Waals surface area contributed by atoms with E-state index in [2.05, 4.69) is 5.32 Å². The first-order valence-corrected chi connectivity index (χ1v) is 9.88. The van der Waals surface area contributed by atoms with Gasteiger partial charge in [0, 0.05) is 25.2 Å². The summed E-state index contributed by atoms with van der Waals surface area (Å²) in [6, 6.07) is 16.4. The Morgan fingerprint density at radius 3 is 2.36 bits per heavy atom. The van der Waals surface area contributed by atoms with Crippen molar-refractivity contribution in [2.24, 2.45) is 0 Å². The third-order valence-electron chi connectivity index (χ3n) is 4.68. The third-order valence-corrected chi connectivity index (χ3v) is 6.52. The molecule has 0 amide bonds. The first kappa shape index (κ1) is 18.1. The van der Waals surface area contributed by atoms with Crippen LogP contribution in [0.1, 0.15) is 24.1 Å². The highest BCUT2D eigenvalue weighted by Crippen LogP contribution is 2.23. The maximum atomic E-state index is 12.8. The van der Waals surface area contributed by atoms with E-state index in [9.17, 15) is 13.5 Å². The van der Waals surface area contributed by atoms with Gasteiger partial charge in [0.1, 0.15) is 0 Å². The predicted octanol–water partition coefficient (Wildman–Crippen LogP) is 2.08. The highest BCUT2D eigenvalue weighted by Gasteiger charge is 2.38. The van der Waals surface area contributed by atoms with Crippen molar-refractivity contribution in [2.75, 3.05) is 13.1 Å². The Morgan fingerprint density at radius 1 is 1.08 bits per heavy atom. The molecule has 1 aliphatic heterocycles. The molecule has 0 saturated carbocycles. The molecule has 6 heteroatoms. The summed E-state index contributed by atoms with van der Waals surface area (Å²) in [5.41, 5.74) is 2.12. The molecule has 1 saturated heterocycles. The van der Waals surface area contributed by atoms with Crippen LogP contribution in [-0.2, 0) is 10.0 Å². The van der Waals surface area contributed by atoms with Crippen LogP contribution < -0.4 is 5.32 Å². The van der Waals surface area contributed by atoms with Crippen LogP contribution in [0.4, 0.5) is 0 Å². The molecule has 1 aliphatic rings. The first-order chi connectivity index (χ1) is 11.9. The lowest BCUT2D eigenvalue weighted by atomic mass is 10.1. The number of aliphatic hydroxyl groups excluding tert-OH is 1. The molecule has 3 rings (SSSR count). The zero-order valence-corrected chi connectivity index (χ0v) is 15.3. The number of hydrogen-bond acceptors (Lipinski definition) is 4. The standard InChI is InChI=1S/C19H24N2O3S/c1-14-8-10-17(11-9-14)25(23,24)21-12-18(19(22)13-21)20-15(2)16-6-4-3-5-7-16/h3-11,15,18-20,22H,12-13H2,1-2H3. The van der Waals surface area contributed by atoms with Crippen molar-refractivity contribution < 1.29 is 13.5 Å². The van der Waals surface area contributed by atoms with Crippen LogP contribution in [-0.4, -0.2) is 43.1 Å². The van der Waals surface area contributed by atoms with Crippen LogP contribution in [0.3, 0.4) is 0 Å². The van der Waals surface area contributed by atoms with E-state index in [1.807, 2.05) is 44.2 Å². The van der Waals surface area contributed by atoms with E-state index in [-0.39, 0.29) is 30.1 Å².